The van der Waals surface area contributed by atoms with Crippen molar-refractivity contribution >= 4 is 44.8 Å². The number of carbonyl (C=O) groups is 1. The predicted octanol–water partition coefficient (Wildman–Crippen LogP) is 4.45. The highest BCUT2D eigenvalue weighted by molar-refractivity contribution is 14.1. The van der Waals surface area contributed by atoms with E-state index >= 15 is 0 Å². The molecule has 0 aromatic heterocycles. The molecule has 0 aliphatic heterocycles. The molecule has 0 bridgehead atoms. The minimum absolute atomic E-state index is 0.437. The molecule has 3 nitrogen and oxygen atoms in total. The molecule has 104 valence electrons. The van der Waals surface area contributed by atoms with Gasteiger partial charge in [-0.2, -0.15) is 0 Å². The summed E-state index contributed by atoms with van der Waals surface area (Å²) in [7, 11) is 1.56. The average Bonchev–Trinajstić information content (AvgIpc) is 2.45. The summed E-state index contributed by atoms with van der Waals surface area (Å²) in [5, 5.41) is 0. The molecule has 5 heteroatoms. The lowest BCUT2D eigenvalue weighted by atomic mass is 10.2. The number of ether oxygens (including phenoxy) is 2. The Balaban J connectivity index is 2.22. The van der Waals surface area contributed by atoms with E-state index in [1.807, 2.05) is 24.3 Å². The molecule has 2 rings (SSSR count). The van der Waals surface area contributed by atoms with Crippen LogP contribution in [0, 0.1) is 3.57 Å². The van der Waals surface area contributed by atoms with E-state index in [2.05, 4.69) is 38.5 Å². The molecular weight excluding hydrogens is 435 g/mol. The largest absolute Gasteiger partial charge is 0.493 e. The first-order valence-corrected chi connectivity index (χ1v) is 7.71. The quantitative estimate of drug-likeness (QED) is 0.502. The van der Waals surface area contributed by atoms with Gasteiger partial charge in [-0.15, -0.1) is 0 Å². The number of halogens is 2. The van der Waals surface area contributed by atoms with Crippen molar-refractivity contribution in [1.82, 2.24) is 0 Å². The number of rotatable bonds is 5. The Hall–Kier alpha value is -1.08. The highest BCUT2D eigenvalue weighted by Crippen LogP contribution is 2.34. The highest BCUT2D eigenvalue weighted by Gasteiger charge is 2.11. The molecule has 0 aliphatic rings. The maximum absolute atomic E-state index is 10.9. The number of methoxy groups -OCH3 is 1. The van der Waals surface area contributed by atoms with Crippen LogP contribution in [-0.2, 0) is 6.61 Å². The van der Waals surface area contributed by atoms with Crippen LogP contribution in [0.2, 0.25) is 0 Å². The molecule has 2 aromatic carbocycles. The molecular formula is C15H12BrIO3. The van der Waals surface area contributed by atoms with Gasteiger partial charge < -0.3 is 9.47 Å². The number of hydrogen-bond acceptors (Lipinski definition) is 3. The van der Waals surface area contributed by atoms with E-state index in [9.17, 15) is 4.79 Å². The Bertz CT molecular complexity index is 629. The molecule has 0 saturated carbocycles. The van der Waals surface area contributed by atoms with Crippen LogP contribution in [0.3, 0.4) is 0 Å². The van der Waals surface area contributed by atoms with Crippen molar-refractivity contribution in [1.29, 1.82) is 0 Å². The topological polar surface area (TPSA) is 35.5 Å². The molecule has 0 N–H and O–H groups in total. The van der Waals surface area contributed by atoms with Crippen LogP contribution in [0.5, 0.6) is 11.5 Å². The van der Waals surface area contributed by atoms with Gasteiger partial charge in [0.25, 0.3) is 0 Å². The van der Waals surface area contributed by atoms with E-state index in [1.165, 1.54) is 0 Å². The Labute approximate surface area is 139 Å². The van der Waals surface area contributed by atoms with Crippen molar-refractivity contribution < 1.29 is 14.3 Å². The van der Waals surface area contributed by atoms with Gasteiger partial charge in [0.05, 0.1) is 10.7 Å². The van der Waals surface area contributed by atoms with E-state index < -0.39 is 0 Å². The van der Waals surface area contributed by atoms with Gasteiger partial charge in [-0.05, 0) is 52.4 Å². The summed E-state index contributed by atoms with van der Waals surface area (Å²) in [5.41, 5.74) is 1.62. The van der Waals surface area contributed by atoms with Gasteiger partial charge >= 0.3 is 0 Å². The maximum Gasteiger partial charge on any atom is 0.174 e. The summed E-state index contributed by atoms with van der Waals surface area (Å²) in [6.45, 7) is 0.437. The Morgan fingerprint density at radius 2 is 2.10 bits per heavy atom. The SMILES string of the molecule is COc1cc(C=O)cc(I)c1OCc1cccc(Br)c1. The molecule has 20 heavy (non-hydrogen) atoms. The zero-order valence-electron chi connectivity index (χ0n) is 10.7. The van der Waals surface area contributed by atoms with E-state index in [0.29, 0.717) is 23.7 Å². The smallest absolute Gasteiger partial charge is 0.174 e. The molecule has 0 aliphatic carbocycles. The van der Waals surface area contributed by atoms with Gasteiger partial charge in [0.2, 0.25) is 0 Å². The van der Waals surface area contributed by atoms with Gasteiger partial charge in [-0.1, -0.05) is 28.1 Å². The lowest BCUT2D eigenvalue weighted by Crippen LogP contribution is -2.00. The fourth-order valence-corrected chi connectivity index (χ4v) is 2.96. The zero-order valence-corrected chi connectivity index (χ0v) is 14.5. The van der Waals surface area contributed by atoms with Crippen molar-refractivity contribution in [2.45, 2.75) is 6.61 Å². The normalized spacial score (nSPS) is 10.2. The van der Waals surface area contributed by atoms with Crippen LogP contribution in [0.1, 0.15) is 15.9 Å². The molecule has 0 heterocycles. The molecule has 0 radical (unpaired) electrons. The standard InChI is InChI=1S/C15H12BrIO3/c1-19-14-7-11(8-18)6-13(17)15(14)20-9-10-3-2-4-12(16)5-10/h2-8H,9H2,1H3. The number of aldehydes is 1. The summed E-state index contributed by atoms with van der Waals surface area (Å²) in [6.07, 6.45) is 0.794. The van der Waals surface area contributed by atoms with E-state index in [-0.39, 0.29) is 0 Å². The number of benzene rings is 2. The molecule has 0 atom stereocenters. The van der Waals surface area contributed by atoms with Crippen LogP contribution >= 0.6 is 38.5 Å². The first-order valence-electron chi connectivity index (χ1n) is 5.84. The summed E-state index contributed by atoms with van der Waals surface area (Å²) in [6, 6.07) is 11.4. The summed E-state index contributed by atoms with van der Waals surface area (Å²) >= 11 is 5.56. The molecule has 0 fully saturated rings. The third-order valence-corrected chi connectivity index (χ3v) is 3.95. The van der Waals surface area contributed by atoms with Gasteiger partial charge in [-0.3, -0.25) is 4.79 Å². The van der Waals surface area contributed by atoms with Crippen LogP contribution in [0.25, 0.3) is 0 Å². The zero-order chi connectivity index (χ0) is 14.5. The third-order valence-electron chi connectivity index (χ3n) is 2.66. The Kier molecular flexibility index (Phi) is 5.42. The number of carbonyl (C=O) groups excluding carboxylic acids is 1. The maximum atomic E-state index is 10.9. The minimum atomic E-state index is 0.437. The summed E-state index contributed by atoms with van der Waals surface area (Å²) in [4.78, 5) is 10.9. The fourth-order valence-electron chi connectivity index (χ4n) is 1.73. The molecule has 0 spiro atoms. The van der Waals surface area contributed by atoms with E-state index in [1.54, 1.807) is 19.2 Å². The molecule has 0 saturated heterocycles. The lowest BCUT2D eigenvalue weighted by Gasteiger charge is -2.13. The van der Waals surface area contributed by atoms with Crippen LogP contribution in [0.15, 0.2) is 40.9 Å². The Morgan fingerprint density at radius 3 is 2.75 bits per heavy atom. The second-order valence-corrected chi connectivity index (χ2v) is 6.15. The first-order chi connectivity index (χ1) is 9.63. The van der Waals surface area contributed by atoms with E-state index in [4.69, 9.17) is 9.47 Å². The monoisotopic (exact) mass is 446 g/mol. The number of hydrogen-bond donors (Lipinski definition) is 0. The second-order valence-electron chi connectivity index (χ2n) is 4.07. The van der Waals surface area contributed by atoms with Gasteiger partial charge in [0.15, 0.2) is 11.5 Å². The average molecular weight is 447 g/mol. The molecule has 0 unspecified atom stereocenters. The predicted molar refractivity (Wildman–Crippen MR) is 89.6 cm³/mol. The Morgan fingerprint density at radius 1 is 1.30 bits per heavy atom. The van der Waals surface area contributed by atoms with Gasteiger partial charge in [0, 0.05) is 10.0 Å². The highest BCUT2D eigenvalue weighted by atomic mass is 127. The summed E-state index contributed by atoms with van der Waals surface area (Å²) in [5.74, 6) is 1.22. The fraction of sp³-hybridized carbons (Fsp3) is 0.133. The van der Waals surface area contributed by atoms with Crippen molar-refractivity contribution in [3.63, 3.8) is 0 Å². The molecule has 2 aromatic rings. The molecule has 0 amide bonds. The second kappa shape index (κ2) is 7.08. The summed E-state index contributed by atoms with van der Waals surface area (Å²) < 4.78 is 13.0. The van der Waals surface area contributed by atoms with Gasteiger partial charge in [-0.25, -0.2) is 0 Å². The van der Waals surface area contributed by atoms with Crippen molar-refractivity contribution in [2.24, 2.45) is 0 Å². The third kappa shape index (κ3) is 3.73. The van der Waals surface area contributed by atoms with Gasteiger partial charge in [0.1, 0.15) is 12.9 Å². The van der Waals surface area contributed by atoms with Crippen LogP contribution < -0.4 is 9.47 Å². The van der Waals surface area contributed by atoms with Crippen molar-refractivity contribution in [3.05, 3.63) is 55.6 Å². The van der Waals surface area contributed by atoms with Crippen molar-refractivity contribution in [3.8, 4) is 11.5 Å². The first kappa shape index (κ1) is 15.3. The van der Waals surface area contributed by atoms with Crippen LogP contribution in [0.4, 0.5) is 0 Å². The van der Waals surface area contributed by atoms with Crippen molar-refractivity contribution in [2.75, 3.05) is 7.11 Å². The lowest BCUT2D eigenvalue weighted by molar-refractivity contribution is 0.112. The van der Waals surface area contributed by atoms with Crippen LogP contribution in [-0.4, -0.2) is 13.4 Å². The minimum Gasteiger partial charge on any atom is -0.493 e. The van der Waals surface area contributed by atoms with E-state index in [0.717, 1.165) is 19.9 Å².